The molecule has 1 heteroatoms. The van der Waals surface area contributed by atoms with Crippen molar-refractivity contribution in [2.75, 3.05) is 0 Å². The fraction of sp³-hybridized carbons (Fsp3) is 0.167. The maximum Gasteiger partial charge on any atom is 0.139 e. The van der Waals surface area contributed by atoms with Crippen LogP contribution in [0.3, 0.4) is 0 Å². The molecule has 1 aromatic rings. The van der Waals surface area contributed by atoms with Crippen molar-refractivity contribution in [3.8, 4) is 12.3 Å². The van der Waals surface area contributed by atoms with Gasteiger partial charge in [-0.25, -0.2) is 0 Å². The molecule has 0 saturated heterocycles. The van der Waals surface area contributed by atoms with E-state index in [1.807, 2.05) is 30.3 Å². The van der Waals surface area contributed by atoms with E-state index in [1.54, 1.807) is 0 Å². The molecule has 0 spiro atoms. The second-order valence-corrected chi connectivity index (χ2v) is 2.80. The molecular formula is C12H12O. The third-order valence-corrected chi connectivity index (χ3v) is 1.83. The fourth-order valence-corrected chi connectivity index (χ4v) is 1.10. The molecule has 0 saturated carbocycles. The average molecular weight is 172 g/mol. The highest BCUT2D eigenvalue weighted by Gasteiger charge is 2.01. The van der Waals surface area contributed by atoms with E-state index in [1.165, 1.54) is 5.56 Å². The summed E-state index contributed by atoms with van der Waals surface area (Å²) in [6.07, 6.45) is 6.97. The van der Waals surface area contributed by atoms with Gasteiger partial charge in [0.2, 0.25) is 0 Å². The summed E-state index contributed by atoms with van der Waals surface area (Å²) in [6.45, 7) is 3.65. The summed E-state index contributed by atoms with van der Waals surface area (Å²) in [5.74, 6) is 2.27. The molecule has 1 N–H and O–H groups in total. The van der Waals surface area contributed by atoms with Crippen molar-refractivity contribution < 1.29 is 5.11 Å². The van der Waals surface area contributed by atoms with Gasteiger partial charge in [0.05, 0.1) is 0 Å². The minimum absolute atomic E-state index is 0.760. The zero-order chi connectivity index (χ0) is 9.68. The van der Waals surface area contributed by atoms with E-state index in [-0.39, 0.29) is 0 Å². The molecular weight excluding hydrogens is 160 g/mol. The molecule has 0 radical (unpaired) electrons. The molecule has 0 aliphatic heterocycles. The number of rotatable bonds is 3. The zero-order valence-corrected chi connectivity index (χ0v) is 7.40. The number of terminal acetylenes is 1. The molecule has 0 heterocycles. The average Bonchev–Trinajstić information content (AvgIpc) is 2.18. The number of allylic oxidation sites excluding steroid dienone is 1. The molecule has 0 aliphatic carbocycles. The summed E-state index contributed by atoms with van der Waals surface area (Å²) in [5.41, 5.74) is 1.93. The molecule has 13 heavy (non-hydrogen) atoms. The van der Waals surface area contributed by atoms with Crippen LogP contribution in [0.4, 0.5) is 0 Å². The number of aliphatic hydroxyl groups excluding tert-OH is 1. The Hall–Kier alpha value is -1.52. The Bertz CT molecular complexity index is 316. The van der Waals surface area contributed by atoms with Gasteiger partial charge in [-0.1, -0.05) is 36.3 Å². The van der Waals surface area contributed by atoms with E-state index in [2.05, 4.69) is 12.5 Å². The van der Waals surface area contributed by atoms with Crippen molar-refractivity contribution in [3.05, 3.63) is 48.0 Å². The Balaban J connectivity index is 2.82. The third kappa shape index (κ3) is 2.47. The van der Waals surface area contributed by atoms with Crippen LogP contribution >= 0.6 is 0 Å². The summed E-state index contributed by atoms with van der Waals surface area (Å²) in [7, 11) is 0. The SMILES string of the molecule is C#C[C@H](O)c1ccc(CC=C)cc1. The molecule has 0 amide bonds. The number of benzene rings is 1. The van der Waals surface area contributed by atoms with Crippen LogP contribution in [-0.4, -0.2) is 5.11 Å². The molecule has 0 bridgehead atoms. The minimum Gasteiger partial charge on any atom is -0.376 e. The van der Waals surface area contributed by atoms with Gasteiger partial charge in [0.15, 0.2) is 0 Å². The van der Waals surface area contributed by atoms with Gasteiger partial charge in [-0.3, -0.25) is 0 Å². The Morgan fingerprint density at radius 1 is 1.46 bits per heavy atom. The highest BCUT2D eigenvalue weighted by atomic mass is 16.3. The third-order valence-electron chi connectivity index (χ3n) is 1.83. The summed E-state index contributed by atoms with van der Waals surface area (Å²) in [4.78, 5) is 0. The Morgan fingerprint density at radius 3 is 2.54 bits per heavy atom. The van der Waals surface area contributed by atoms with Crippen molar-refractivity contribution in [2.24, 2.45) is 0 Å². The molecule has 1 atom stereocenters. The largest absolute Gasteiger partial charge is 0.376 e. The van der Waals surface area contributed by atoms with Crippen molar-refractivity contribution in [1.29, 1.82) is 0 Å². The van der Waals surface area contributed by atoms with E-state index in [0.717, 1.165) is 12.0 Å². The van der Waals surface area contributed by atoms with Gasteiger partial charge in [0, 0.05) is 0 Å². The van der Waals surface area contributed by atoms with E-state index >= 15 is 0 Å². The maximum atomic E-state index is 9.29. The first kappa shape index (κ1) is 9.57. The topological polar surface area (TPSA) is 20.2 Å². The predicted octanol–water partition coefficient (Wildman–Crippen LogP) is 2.08. The first-order chi connectivity index (χ1) is 6.27. The van der Waals surface area contributed by atoms with Crippen LogP contribution in [0.1, 0.15) is 17.2 Å². The van der Waals surface area contributed by atoms with Crippen LogP contribution in [0.5, 0.6) is 0 Å². The molecule has 0 unspecified atom stereocenters. The van der Waals surface area contributed by atoms with E-state index in [9.17, 15) is 5.11 Å². The molecule has 0 fully saturated rings. The van der Waals surface area contributed by atoms with Gasteiger partial charge < -0.3 is 5.11 Å². The smallest absolute Gasteiger partial charge is 0.139 e. The minimum atomic E-state index is -0.794. The first-order valence-electron chi connectivity index (χ1n) is 4.12. The monoisotopic (exact) mass is 172 g/mol. The summed E-state index contributed by atoms with van der Waals surface area (Å²) < 4.78 is 0. The fourth-order valence-electron chi connectivity index (χ4n) is 1.10. The second kappa shape index (κ2) is 4.49. The molecule has 1 aromatic carbocycles. The lowest BCUT2D eigenvalue weighted by molar-refractivity contribution is 0.238. The zero-order valence-electron chi connectivity index (χ0n) is 7.40. The standard InChI is InChI=1S/C12H12O/c1-3-5-10-6-8-11(9-7-10)12(13)4-2/h2-3,6-9,12-13H,1,5H2/t12-/m0/s1. The lowest BCUT2D eigenvalue weighted by Gasteiger charge is -2.03. The van der Waals surface area contributed by atoms with Gasteiger partial charge in [-0.2, -0.15) is 0 Å². The molecule has 1 rings (SSSR count). The van der Waals surface area contributed by atoms with Crippen LogP contribution in [0.2, 0.25) is 0 Å². The van der Waals surface area contributed by atoms with Crippen molar-refractivity contribution in [1.82, 2.24) is 0 Å². The van der Waals surface area contributed by atoms with Crippen LogP contribution in [0, 0.1) is 12.3 Å². The van der Waals surface area contributed by atoms with Crippen molar-refractivity contribution >= 4 is 0 Å². The maximum absolute atomic E-state index is 9.29. The normalized spacial score (nSPS) is 11.7. The van der Waals surface area contributed by atoms with Gasteiger partial charge >= 0.3 is 0 Å². The van der Waals surface area contributed by atoms with E-state index < -0.39 is 6.10 Å². The van der Waals surface area contributed by atoms with Gasteiger partial charge in [0.25, 0.3) is 0 Å². The predicted molar refractivity (Wildman–Crippen MR) is 54.1 cm³/mol. The van der Waals surface area contributed by atoms with Crippen LogP contribution < -0.4 is 0 Å². The summed E-state index contributed by atoms with van der Waals surface area (Å²) in [5, 5.41) is 9.29. The van der Waals surface area contributed by atoms with Crippen LogP contribution in [-0.2, 0) is 6.42 Å². The van der Waals surface area contributed by atoms with Crippen molar-refractivity contribution in [2.45, 2.75) is 12.5 Å². The summed E-state index contributed by atoms with van der Waals surface area (Å²) >= 11 is 0. The quantitative estimate of drug-likeness (QED) is 0.546. The Kier molecular flexibility index (Phi) is 3.31. The van der Waals surface area contributed by atoms with Crippen LogP contribution in [0.25, 0.3) is 0 Å². The van der Waals surface area contributed by atoms with Gasteiger partial charge in [-0.05, 0) is 17.5 Å². The first-order valence-corrected chi connectivity index (χ1v) is 4.12. The lowest BCUT2D eigenvalue weighted by Crippen LogP contribution is -1.93. The molecule has 0 aliphatic rings. The Morgan fingerprint density at radius 2 is 2.08 bits per heavy atom. The van der Waals surface area contributed by atoms with E-state index in [4.69, 9.17) is 6.42 Å². The molecule has 1 nitrogen and oxygen atoms in total. The number of aliphatic hydroxyl groups is 1. The number of hydrogen-bond donors (Lipinski definition) is 1. The highest BCUT2D eigenvalue weighted by molar-refractivity contribution is 5.28. The highest BCUT2D eigenvalue weighted by Crippen LogP contribution is 2.12. The second-order valence-electron chi connectivity index (χ2n) is 2.80. The van der Waals surface area contributed by atoms with E-state index in [0.29, 0.717) is 0 Å². The van der Waals surface area contributed by atoms with Gasteiger partial charge in [0.1, 0.15) is 6.10 Å². The Labute approximate surface area is 78.7 Å². The molecule has 0 aromatic heterocycles. The van der Waals surface area contributed by atoms with Crippen molar-refractivity contribution in [3.63, 3.8) is 0 Å². The van der Waals surface area contributed by atoms with Gasteiger partial charge in [-0.15, -0.1) is 13.0 Å². The number of hydrogen-bond acceptors (Lipinski definition) is 1. The summed E-state index contributed by atoms with van der Waals surface area (Å²) in [6, 6.07) is 7.56. The van der Waals surface area contributed by atoms with Crippen LogP contribution in [0.15, 0.2) is 36.9 Å². The lowest BCUT2D eigenvalue weighted by atomic mass is 10.1. The molecule has 66 valence electrons.